The summed E-state index contributed by atoms with van der Waals surface area (Å²) in [5.41, 5.74) is -1.57. The number of nitrogens with zero attached hydrogens (tertiary/aromatic N) is 2. The number of nitrogens with one attached hydrogen (secondary N) is 2. The third-order valence-corrected chi connectivity index (χ3v) is 7.73. The van der Waals surface area contributed by atoms with Gasteiger partial charge in [0.05, 0.1) is 42.1 Å². The van der Waals surface area contributed by atoms with E-state index in [9.17, 15) is 65.4 Å². The van der Waals surface area contributed by atoms with Crippen LogP contribution in [0.3, 0.4) is 0 Å². The van der Waals surface area contributed by atoms with Gasteiger partial charge in [-0.1, -0.05) is 0 Å². The molecule has 0 radical (unpaired) electrons. The summed E-state index contributed by atoms with van der Waals surface area (Å²) in [6.07, 6.45) is 0. The molecule has 232 valence electrons. The Morgan fingerprint density at radius 3 is 2.07 bits per heavy atom. The van der Waals surface area contributed by atoms with Crippen molar-refractivity contribution in [1.82, 2.24) is 15.1 Å². The average molecular weight is 609 g/mol. The van der Waals surface area contributed by atoms with Crippen molar-refractivity contribution in [3.8, 4) is 34.5 Å². The molecular formula is C25H28N4O14. The Balaban J connectivity index is 1.46. The molecule has 18 heteroatoms. The van der Waals surface area contributed by atoms with E-state index in [1.54, 1.807) is 4.90 Å². The van der Waals surface area contributed by atoms with Crippen LogP contribution in [0.4, 0.5) is 5.69 Å². The highest BCUT2D eigenvalue weighted by atomic mass is 16.6. The molecule has 3 aliphatic rings. The minimum absolute atomic E-state index is 0.0326. The van der Waals surface area contributed by atoms with E-state index in [4.69, 9.17) is 4.74 Å². The van der Waals surface area contributed by atoms with Gasteiger partial charge in [0.25, 0.3) is 23.5 Å². The Bertz CT molecular complexity index is 1510. The number of ether oxygens (including phenoxy) is 1. The van der Waals surface area contributed by atoms with Gasteiger partial charge in [-0.05, 0) is 6.07 Å². The van der Waals surface area contributed by atoms with Gasteiger partial charge in [-0.25, -0.2) is 0 Å². The lowest BCUT2D eigenvalue weighted by molar-refractivity contribution is -0.355. The van der Waals surface area contributed by atoms with E-state index in [-0.39, 0.29) is 23.2 Å². The maximum absolute atomic E-state index is 13.2. The van der Waals surface area contributed by atoms with Gasteiger partial charge < -0.3 is 66.0 Å². The van der Waals surface area contributed by atoms with E-state index in [1.165, 1.54) is 5.32 Å². The van der Waals surface area contributed by atoms with Crippen LogP contribution in [-0.2, 0) is 34.0 Å². The number of piperidine rings is 1. The molecule has 12 N–H and O–H groups in total. The lowest BCUT2D eigenvalue weighted by Gasteiger charge is -2.44. The molecule has 43 heavy (non-hydrogen) atoms. The summed E-state index contributed by atoms with van der Waals surface area (Å²) in [5.74, 6) is -17.1. The minimum atomic E-state index is -3.92. The smallest absolute Gasteiger partial charge is 0.303 e. The van der Waals surface area contributed by atoms with Crippen LogP contribution >= 0.6 is 0 Å². The molecule has 3 amide bonds. The molecule has 0 saturated carbocycles. The minimum Gasteiger partial charge on any atom is -0.504 e. The van der Waals surface area contributed by atoms with E-state index in [2.05, 4.69) is 5.32 Å². The summed E-state index contributed by atoms with van der Waals surface area (Å²) in [6, 6.07) is -1.67. The highest BCUT2D eigenvalue weighted by molar-refractivity contribution is 6.09. The average Bonchev–Trinajstić information content (AvgIpc) is 3.26. The summed E-state index contributed by atoms with van der Waals surface area (Å²) < 4.78 is 5.25. The zero-order valence-corrected chi connectivity index (χ0v) is 22.1. The molecule has 18 nitrogen and oxygen atoms in total. The number of anilines is 1. The van der Waals surface area contributed by atoms with Crippen LogP contribution in [0.25, 0.3) is 0 Å². The molecule has 1 atom stereocenters. The van der Waals surface area contributed by atoms with Gasteiger partial charge in [-0.15, -0.1) is 0 Å². The van der Waals surface area contributed by atoms with E-state index >= 15 is 0 Å². The predicted molar refractivity (Wildman–Crippen MR) is 137 cm³/mol. The molecule has 5 rings (SSSR count). The molecule has 3 heterocycles. The van der Waals surface area contributed by atoms with Crippen LogP contribution in [0, 0.1) is 0 Å². The second kappa shape index (κ2) is 10.3. The van der Waals surface area contributed by atoms with Crippen LogP contribution < -0.4 is 10.6 Å². The maximum atomic E-state index is 13.2. The molecule has 2 aromatic carbocycles. The van der Waals surface area contributed by atoms with Crippen molar-refractivity contribution >= 4 is 23.4 Å². The molecule has 0 bridgehead atoms. The van der Waals surface area contributed by atoms with Crippen molar-refractivity contribution in [2.45, 2.75) is 37.3 Å². The van der Waals surface area contributed by atoms with Gasteiger partial charge in [0, 0.05) is 31.7 Å². The number of carbonyl (C=O) groups excluding carboxylic acids is 3. The lowest BCUT2D eigenvalue weighted by atomic mass is 9.90. The van der Waals surface area contributed by atoms with E-state index in [0.29, 0.717) is 31.2 Å². The number of phenols is 6. The zero-order chi connectivity index (χ0) is 31.6. The molecule has 0 spiro atoms. The summed E-state index contributed by atoms with van der Waals surface area (Å²) in [7, 11) is 0. The number of carbonyl (C=O) groups is 3. The molecule has 3 aliphatic heterocycles. The van der Waals surface area contributed by atoms with Crippen LogP contribution in [0.1, 0.15) is 27.0 Å². The second-order valence-electron chi connectivity index (χ2n) is 10.3. The van der Waals surface area contributed by atoms with Crippen molar-refractivity contribution in [2.75, 3.05) is 31.6 Å². The van der Waals surface area contributed by atoms with E-state index < -0.39 is 94.2 Å². The van der Waals surface area contributed by atoms with E-state index in [0.717, 1.165) is 6.07 Å². The highest BCUT2D eigenvalue weighted by Crippen LogP contribution is 2.49. The molecular weight excluding hydrogens is 580 g/mol. The Morgan fingerprint density at radius 1 is 0.884 bits per heavy atom. The first-order chi connectivity index (χ1) is 20.1. The van der Waals surface area contributed by atoms with Gasteiger partial charge in [-0.3, -0.25) is 24.6 Å². The third kappa shape index (κ3) is 4.56. The molecule has 2 aromatic rings. The van der Waals surface area contributed by atoms with Crippen molar-refractivity contribution in [3.63, 3.8) is 0 Å². The first-order valence-electron chi connectivity index (χ1n) is 12.7. The van der Waals surface area contributed by atoms with Crippen LogP contribution in [0.5, 0.6) is 34.5 Å². The number of hydrogen-bond donors (Lipinski definition) is 12. The Morgan fingerprint density at radius 2 is 1.47 bits per heavy atom. The first-order valence-corrected chi connectivity index (χ1v) is 12.7. The van der Waals surface area contributed by atoms with Crippen LogP contribution in [0.15, 0.2) is 6.07 Å². The van der Waals surface area contributed by atoms with Crippen molar-refractivity contribution < 1.29 is 70.2 Å². The van der Waals surface area contributed by atoms with Gasteiger partial charge in [0.1, 0.15) is 0 Å². The number of amides is 3. The lowest BCUT2D eigenvalue weighted by Crippen LogP contribution is -2.79. The van der Waals surface area contributed by atoms with Gasteiger partial charge >= 0.3 is 5.79 Å². The fourth-order valence-electron chi connectivity index (χ4n) is 5.29. The number of aliphatic hydroxyl groups is 4. The number of benzene rings is 2. The number of phenolic OH excluding ortho intramolecular Hbond substituents is 6. The predicted octanol–water partition coefficient (Wildman–Crippen LogP) is -3.29. The zero-order valence-electron chi connectivity index (χ0n) is 22.1. The SMILES string of the molecule is O=C1NC(=O)C(O)(O)C(O)(O)C1N1Cc2c(cc(O)c(O)c2NCc2c(O)c(O)c(CN3CCOCC3)c(O)c2O)C1=O. The summed E-state index contributed by atoms with van der Waals surface area (Å²) in [5, 5.41) is 108. The largest absolute Gasteiger partial charge is 0.504 e. The van der Waals surface area contributed by atoms with Crippen LogP contribution in [-0.4, -0.2) is 123 Å². The van der Waals surface area contributed by atoms with Gasteiger partial charge in [0.2, 0.25) is 0 Å². The standard InChI is InChI=1S/C25H28N4O14/c30-13-5-9-11(8-29(22(9)37)20-21(36)27-23(38)25(41,42)24(20,39)40)14(19(13)35)26-6-10-15(31)17(33)12(18(34)16(10)32)7-28-1-3-43-4-2-28/h5,20,26,30-35,39-42H,1-4,6-8H2,(H,27,36,38). The van der Waals surface area contributed by atoms with E-state index in [1.807, 2.05) is 0 Å². The van der Waals surface area contributed by atoms with Crippen LogP contribution in [0.2, 0.25) is 0 Å². The highest BCUT2D eigenvalue weighted by Gasteiger charge is 2.67. The second-order valence-corrected chi connectivity index (χ2v) is 10.3. The summed E-state index contributed by atoms with van der Waals surface area (Å²) in [6.45, 7) is 0.351. The quantitative estimate of drug-likeness (QED) is 0.0662. The van der Waals surface area contributed by atoms with Crippen molar-refractivity contribution in [3.05, 3.63) is 28.3 Å². The Hall–Kier alpha value is -4.59. The Kier molecular flexibility index (Phi) is 7.15. The monoisotopic (exact) mass is 608 g/mol. The molecule has 0 aromatic heterocycles. The molecule has 2 saturated heterocycles. The maximum Gasteiger partial charge on any atom is 0.303 e. The Labute approximate surface area is 240 Å². The number of fused-ring (bicyclic) bond motifs is 1. The van der Waals surface area contributed by atoms with Gasteiger partial charge in [0.15, 0.2) is 40.5 Å². The third-order valence-electron chi connectivity index (χ3n) is 7.73. The topological polar surface area (TPSA) is 293 Å². The number of rotatable bonds is 6. The fraction of sp³-hybridized carbons (Fsp3) is 0.400. The molecule has 1 unspecified atom stereocenters. The van der Waals surface area contributed by atoms with Crippen molar-refractivity contribution in [2.24, 2.45) is 0 Å². The summed E-state index contributed by atoms with van der Waals surface area (Å²) in [4.78, 5) is 39.8. The van der Waals surface area contributed by atoms with Gasteiger partial charge in [-0.2, -0.15) is 0 Å². The first kappa shape index (κ1) is 29.9. The number of imide groups is 1. The summed E-state index contributed by atoms with van der Waals surface area (Å²) >= 11 is 0. The number of aromatic hydroxyl groups is 6. The fourth-order valence-corrected chi connectivity index (χ4v) is 5.29. The normalized spacial score (nSPS) is 21.5. The number of hydrogen-bond acceptors (Lipinski definition) is 16. The van der Waals surface area contributed by atoms with Crippen molar-refractivity contribution in [1.29, 1.82) is 0 Å². The number of morpholine rings is 1. The molecule has 0 aliphatic carbocycles. The molecule has 2 fully saturated rings.